The summed E-state index contributed by atoms with van der Waals surface area (Å²) < 4.78 is 144. The summed E-state index contributed by atoms with van der Waals surface area (Å²) >= 11 is 0. The second-order valence-corrected chi connectivity index (χ2v) is 27.4. The number of carbonyl (C=O) groups excluding carboxylic acids is 3. The Kier molecular flexibility index (Phi) is 19.2. The van der Waals surface area contributed by atoms with Gasteiger partial charge in [-0.05, 0) is 135 Å². The molecule has 0 bridgehead atoms. The number of ether oxygens (including phenoxy) is 1. The molecule has 0 spiro atoms. The van der Waals surface area contributed by atoms with E-state index in [0.29, 0.717) is 67.3 Å². The number of aromatic nitrogens is 1. The van der Waals surface area contributed by atoms with Crippen molar-refractivity contribution in [3.05, 3.63) is 130 Å². The second kappa shape index (κ2) is 25.6. The van der Waals surface area contributed by atoms with Gasteiger partial charge < -0.3 is 19.0 Å². The molecule has 1 aliphatic carbocycles. The van der Waals surface area contributed by atoms with Crippen LogP contribution in [0.1, 0.15) is 96.5 Å². The minimum absolute atomic E-state index is 0.000302. The SMILES string of the molecule is C=c1/c(=C\C=C2/CCCC(/C=C/C3=[N+](CCCS(=O)(=O)O)c4ccc(N(CCCS(=O)(=O)O)CCCS(=O)(=O)O)cc4C3(C)C)=C2Oc2ccc(S(=O)(=O)O)cc2)n(CCCCCC(=O)ON2C(=O)CCC2=O)c2ccc3ccccc3c12. The Bertz CT molecular complexity index is 4040. The number of aryl methyl sites for hydroxylation is 1. The summed E-state index contributed by atoms with van der Waals surface area (Å²) in [5, 5.41) is 5.12. The zero-order valence-corrected chi connectivity index (χ0v) is 49.2. The number of imide groups is 1. The third kappa shape index (κ3) is 15.7. The van der Waals surface area contributed by atoms with Crippen molar-refractivity contribution in [2.24, 2.45) is 0 Å². The van der Waals surface area contributed by atoms with Crippen LogP contribution in [0.5, 0.6) is 5.75 Å². The Morgan fingerprint density at radius 1 is 0.735 bits per heavy atom. The number of benzene rings is 4. The van der Waals surface area contributed by atoms with E-state index in [1.807, 2.05) is 85.2 Å². The van der Waals surface area contributed by atoms with Gasteiger partial charge in [0, 0.05) is 90.2 Å². The summed E-state index contributed by atoms with van der Waals surface area (Å²) in [6.45, 7) is 9.43. The van der Waals surface area contributed by atoms with Crippen molar-refractivity contribution >= 4 is 110 Å². The molecule has 2 aliphatic heterocycles. The molecule has 444 valence electrons. The predicted octanol–water partition coefficient (Wildman–Crippen LogP) is 7.12. The highest BCUT2D eigenvalue weighted by Crippen LogP contribution is 2.43. The van der Waals surface area contributed by atoms with Gasteiger partial charge in [-0.15, -0.1) is 5.06 Å². The van der Waals surface area contributed by atoms with Crippen molar-refractivity contribution in [2.45, 2.75) is 108 Å². The van der Waals surface area contributed by atoms with E-state index < -0.39 is 80.9 Å². The van der Waals surface area contributed by atoms with Crippen molar-refractivity contribution in [2.75, 3.05) is 41.8 Å². The molecule has 21 nitrogen and oxygen atoms in total. The van der Waals surface area contributed by atoms with E-state index in [1.165, 1.54) is 24.3 Å². The first-order valence-corrected chi connectivity index (χ1v) is 33.4. The van der Waals surface area contributed by atoms with E-state index in [4.69, 9.17) is 9.57 Å². The minimum Gasteiger partial charge on any atom is -0.457 e. The Balaban J connectivity index is 1.19. The minimum atomic E-state index is -4.54. The molecule has 0 unspecified atom stereocenters. The van der Waals surface area contributed by atoms with E-state index in [-0.39, 0.29) is 68.8 Å². The highest BCUT2D eigenvalue weighted by atomic mass is 32.2. The van der Waals surface area contributed by atoms with Crippen LogP contribution < -0.4 is 20.2 Å². The second-order valence-electron chi connectivity index (χ2n) is 21.3. The Labute approximate surface area is 482 Å². The molecular weight excluding hydrogens is 1150 g/mol. The van der Waals surface area contributed by atoms with Crippen LogP contribution in [0, 0.1) is 0 Å². The smallest absolute Gasteiger partial charge is 0.333 e. The van der Waals surface area contributed by atoms with Crippen LogP contribution in [-0.4, -0.2) is 126 Å². The van der Waals surface area contributed by atoms with Gasteiger partial charge >= 0.3 is 5.97 Å². The average molecular weight is 1220 g/mol. The quantitative estimate of drug-likeness (QED) is 0.0185. The number of fused-ring (bicyclic) bond motifs is 4. The van der Waals surface area contributed by atoms with E-state index in [2.05, 4.69) is 17.2 Å². The van der Waals surface area contributed by atoms with Gasteiger partial charge in [0.15, 0.2) is 5.71 Å². The lowest BCUT2D eigenvalue weighted by atomic mass is 9.80. The number of rotatable bonds is 26. The molecule has 0 radical (unpaired) electrons. The number of allylic oxidation sites excluding steroid dienone is 5. The molecule has 3 aliphatic rings. The van der Waals surface area contributed by atoms with Gasteiger partial charge in [-0.2, -0.15) is 38.2 Å². The highest BCUT2D eigenvalue weighted by molar-refractivity contribution is 7.86. The molecule has 4 N–H and O–H groups in total. The summed E-state index contributed by atoms with van der Waals surface area (Å²) in [5.41, 5.74) is 4.45. The van der Waals surface area contributed by atoms with Crippen LogP contribution in [0.2, 0.25) is 0 Å². The molecule has 3 heterocycles. The zero-order valence-electron chi connectivity index (χ0n) is 46.0. The number of carbonyl (C=O) groups is 3. The van der Waals surface area contributed by atoms with Crippen LogP contribution in [0.4, 0.5) is 11.4 Å². The van der Waals surface area contributed by atoms with Gasteiger partial charge in [0.25, 0.3) is 52.3 Å². The van der Waals surface area contributed by atoms with Crippen LogP contribution in [-0.2, 0) is 71.7 Å². The Morgan fingerprint density at radius 3 is 2.04 bits per heavy atom. The number of hydroxylamine groups is 2. The van der Waals surface area contributed by atoms with Crippen LogP contribution in [0.15, 0.2) is 119 Å². The number of amides is 2. The third-order valence-electron chi connectivity index (χ3n) is 14.9. The molecule has 83 heavy (non-hydrogen) atoms. The van der Waals surface area contributed by atoms with Gasteiger partial charge in [0.1, 0.15) is 18.1 Å². The molecule has 0 saturated carbocycles. The van der Waals surface area contributed by atoms with Crippen molar-refractivity contribution in [1.82, 2.24) is 9.63 Å². The Morgan fingerprint density at radius 2 is 1.39 bits per heavy atom. The molecule has 1 aromatic heterocycles. The van der Waals surface area contributed by atoms with Crippen LogP contribution in [0.25, 0.3) is 34.3 Å². The summed E-state index contributed by atoms with van der Waals surface area (Å²) in [4.78, 5) is 43.1. The summed E-state index contributed by atoms with van der Waals surface area (Å²) in [6.07, 6.45) is 11.3. The lowest BCUT2D eigenvalue weighted by Gasteiger charge is -2.26. The molecule has 5 aromatic rings. The Hall–Kier alpha value is -6.84. The van der Waals surface area contributed by atoms with Gasteiger partial charge in [-0.3, -0.25) is 27.8 Å². The standard InChI is InChI=1S/C58H66N4O17S4/c1-40-49(60(51-27-18-41-13-6-7-16-47(41)56(40)51)34-8-4-5-17-55(65)79-62-53(63)30-31-54(62)64)26-19-42-14-9-15-43(57(42)78-45-22-24-46(25-23-45)83(75,76)77)20-29-52-58(2,3)48-39-44(21-28-50(48)61(52)35-12-38-82(72,73)74)59(32-10-36-80(66,67)68)33-11-37-81(69,70)71/h6-7,13,16,18-29,39H,1,4-5,8-12,14-15,17,30-38H2,2-3H3,(H3-,66,67,68,69,70,71,72,73,74,75,76,77)/p+1. The molecule has 2 amide bonds. The van der Waals surface area contributed by atoms with E-state index in [1.54, 1.807) is 11.0 Å². The fourth-order valence-corrected chi connectivity index (χ4v) is 12.9. The lowest BCUT2D eigenvalue weighted by molar-refractivity contribution is -0.437. The fourth-order valence-electron chi connectivity index (χ4n) is 10.9. The third-order valence-corrected chi connectivity index (χ3v) is 18.2. The molecule has 25 heteroatoms. The number of hydrogen-bond acceptors (Lipinski definition) is 14. The van der Waals surface area contributed by atoms with Crippen molar-refractivity contribution < 1.29 is 80.4 Å². The normalized spacial score (nSPS) is 16.8. The van der Waals surface area contributed by atoms with E-state index >= 15 is 0 Å². The fraction of sp³-hybridized carbons (Fsp3) is 0.379. The number of nitrogens with zero attached hydrogens (tertiary/aromatic N) is 4. The molecule has 8 rings (SSSR count). The van der Waals surface area contributed by atoms with Crippen molar-refractivity contribution in [1.29, 1.82) is 0 Å². The molecule has 1 fully saturated rings. The first kappa shape index (κ1) is 62.2. The predicted molar refractivity (Wildman–Crippen MR) is 314 cm³/mol. The van der Waals surface area contributed by atoms with Gasteiger partial charge in [-0.25, -0.2) is 4.79 Å². The number of hydrogen-bond donors (Lipinski definition) is 4. The maximum atomic E-state index is 12.6. The largest absolute Gasteiger partial charge is 0.457 e. The zero-order chi connectivity index (χ0) is 60.1. The summed E-state index contributed by atoms with van der Waals surface area (Å²) in [5.74, 6) is -2.65. The van der Waals surface area contributed by atoms with Crippen LogP contribution >= 0.6 is 0 Å². The molecule has 1 saturated heterocycles. The first-order valence-electron chi connectivity index (χ1n) is 27.1. The number of unbranched alkanes of at least 4 members (excludes halogenated alkanes) is 2. The topological polar surface area (TPSA) is 302 Å². The molecule has 4 aromatic carbocycles. The van der Waals surface area contributed by atoms with Crippen molar-refractivity contribution in [3.63, 3.8) is 0 Å². The van der Waals surface area contributed by atoms with E-state index in [0.717, 1.165) is 54.7 Å². The average Bonchev–Trinajstić information content (AvgIpc) is 1.99. The maximum Gasteiger partial charge on any atom is 0.333 e. The van der Waals surface area contributed by atoms with E-state index in [9.17, 15) is 66.3 Å². The highest BCUT2D eigenvalue weighted by Gasteiger charge is 2.45. The molecule has 0 atom stereocenters. The first-order chi connectivity index (χ1) is 39.1. The molecular formula is C58H67N4O17S4+. The number of anilines is 1. The maximum absolute atomic E-state index is 12.6. The van der Waals surface area contributed by atoms with Crippen LogP contribution in [0.3, 0.4) is 0 Å². The summed E-state index contributed by atoms with van der Waals surface area (Å²) in [6, 6.07) is 22.9. The van der Waals surface area contributed by atoms with Crippen molar-refractivity contribution in [3.8, 4) is 5.75 Å². The lowest BCUT2D eigenvalue weighted by Crippen LogP contribution is -2.31. The monoisotopic (exact) mass is 1220 g/mol. The summed E-state index contributed by atoms with van der Waals surface area (Å²) in [7, 11) is -17.5. The van der Waals surface area contributed by atoms with Gasteiger partial charge in [-0.1, -0.05) is 49.4 Å². The van der Waals surface area contributed by atoms with Gasteiger partial charge in [0.2, 0.25) is 5.69 Å². The van der Waals surface area contributed by atoms with Gasteiger partial charge in [0.05, 0.1) is 27.6 Å².